The van der Waals surface area contributed by atoms with Gasteiger partial charge in [0.05, 0.1) is 44.4 Å². The van der Waals surface area contributed by atoms with Crippen molar-refractivity contribution in [2.45, 2.75) is 38.5 Å². The molecule has 0 aromatic heterocycles. The fraction of sp³-hybridized carbons (Fsp3) is 0.412. The average Bonchev–Trinajstić information content (AvgIpc) is 3.43. The van der Waals surface area contributed by atoms with Crippen molar-refractivity contribution in [3.05, 3.63) is 93.5 Å². The van der Waals surface area contributed by atoms with Crippen LogP contribution in [0.2, 0.25) is 10.0 Å². The third kappa shape index (κ3) is 7.39. The molecule has 1 saturated heterocycles. The van der Waals surface area contributed by atoms with Gasteiger partial charge in [-0.3, -0.25) is 4.90 Å². The molecule has 1 fully saturated rings. The highest BCUT2D eigenvalue weighted by atomic mass is 35.5. The van der Waals surface area contributed by atoms with E-state index in [4.69, 9.17) is 47.1 Å². The number of aliphatic imine (C=N–C) groups is 1. The molecule has 0 N–H and O–H groups in total. The predicted octanol–water partition coefficient (Wildman–Crippen LogP) is 5.71. The van der Waals surface area contributed by atoms with Gasteiger partial charge in [0.2, 0.25) is 15.6 Å². The number of methoxy groups -OCH3 is 1. The molecule has 2 heterocycles. The van der Waals surface area contributed by atoms with E-state index in [1.54, 1.807) is 73.7 Å². The molecule has 0 aliphatic carbocycles. The van der Waals surface area contributed by atoms with Gasteiger partial charge >= 0.3 is 5.97 Å². The molecule has 0 bridgehead atoms. The summed E-state index contributed by atoms with van der Waals surface area (Å²) in [6.07, 6.45) is -0.271. The molecule has 0 saturated carbocycles. The fourth-order valence-electron chi connectivity index (χ4n) is 5.84. The molecule has 252 valence electrons. The summed E-state index contributed by atoms with van der Waals surface area (Å²) in [5, 5.41) is 0.890. The summed E-state index contributed by atoms with van der Waals surface area (Å²) in [5.41, 5.74) is -0.604. The molecule has 3 aromatic rings. The lowest BCUT2D eigenvalue weighted by Crippen LogP contribution is -2.48. The number of benzene rings is 3. The zero-order chi connectivity index (χ0) is 33.8. The summed E-state index contributed by atoms with van der Waals surface area (Å²) in [5.74, 6) is -0.0734. The Balaban J connectivity index is 1.81. The molecule has 0 amide bonds. The highest BCUT2D eigenvalue weighted by Gasteiger charge is 2.60. The molecule has 5 rings (SSSR count). The van der Waals surface area contributed by atoms with Crippen molar-refractivity contribution >= 4 is 45.0 Å². The van der Waals surface area contributed by atoms with Crippen molar-refractivity contribution in [3.8, 4) is 11.5 Å². The summed E-state index contributed by atoms with van der Waals surface area (Å²) >= 11 is 12.6. The first-order valence-electron chi connectivity index (χ1n) is 15.5. The lowest BCUT2D eigenvalue weighted by molar-refractivity contribution is -0.151. The number of morpholine rings is 1. The Hall–Kier alpha value is -3.35. The SMILES string of the molecule is CCOC(=O)C1(c2ccc(Cl)cc2)N=C(c2ccc(OC)cc2OC(C)C)N(S(=O)(=O)CCN2CCOCC2)C1c1ccc(Cl)cc1. The van der Waals surface area contributed by atoms with Gasteiger partial charge in [0, 0.05) is 35.7 Å². The summed E-state index contributed by atoms with van der Waals surface area (Å²) in [7, 11) is -2.66. The third-order valence-corrected chi connectivity index (χ3v) is 10.2. The second kappa shape index (κ2) is 14.8. The van der Waals surface area contributed by atoms with Gasteiger partial charge in [0.1, 0.15) is 17.5 Å². The quantitative estimate of drug-likeness (QED) is 0.221. The summed E-state index contributed by atoms with van der Waals surface area (Å²) in [6, 6.07) is 17.2. The van der Waals surface area contributed by atoms with E-state index < -0.39 is 27.6 Å². The Bertz CT molecular complexity index is 1700. The first-order chi connectivity index (χ1) is 22.5. The van der Waals surface area contributed by atoms with Gasteiger partial charge in [-0.25, -0.2) is 22.5 Å². The summed E-state index contributed by atoms with van der Waals surface area (Å²) in [6.45, 7) is 7.99. The molecule has 10 nitrogen and oxygen atoms in total. The van der Waals surface area contributed by atoms with Crippen molar-refractivity contribution in [1.29, 1.82) is 0 Å². The Morgan fingerprint density at radius 2 is 1.66 bits per heavy atom. The minimum absolute atomic E-state index is 0.0354. The lowest BCUT2D eigenvalue weighted by atomic mass is 9.80. The van der Waals surface area contributed by atoms with Gasteiger partial charge in [-0.05, 0) is 68.3 Å². The van der Waals surface area contributed by atoms with E-state index in [2.05, 4.69) is 0 Å². The Morgan fingerprint density at radius 3 is 2.26 bits per heavy atom. The van der Waals surface area contributed by atoms with Crippen LogP contribution in [0.1, 0.15) is 43.5 Å². The molecular weight excluding hydrogens is 665 g/mol. The average molecular weight is 705 g/mol. The van der Waals surface area contributed by atoms with Crippen LogP contribution in [0.5, 0.6) is 11.5 Å². The van der Waals surface area contributed by atoms with Crippen LogP contribution < -0.4 is 9.47 Å². The minimum Gasteiger partial charge on any atom is -0.497 e. The van der Waals surface area contributed by atoms with Gasteiger partial charge in [0.25, 0.3) is 0 Å². The van der Waals surface area contributed by atoms with E-state index in [1.165, 1.54) is 11.4 Å². The van der Waals surface area contributed by atoms with Crippen LogP contribution in [0, 0.1) is 0 Å². The number of carbonyl (C=O) groups is 1. The minimum atomic E-state index is -4.19. The Labute approximate surface area is 286 Å². The first-order valence-corrected chi connectivity index (χ1v) is 17.8. The van der Waals surface area contributed by atoms with Gasteiger partial charge in [-0.2, -0.15) is 0 Å². The zero-order valence-corrected chi connectivity index (χ0v) is 29.1. The molecule has 47 heavy (non-hydrogen) atoms. The summed E-state index contributed by atoms with van der Waals surface area (Å²) in [4.78, 5) is 21.6. The number of nitrogens with zero attached hydrogens (tertiary/aromatic N) is 3. The molecule has 2 atom stereocenters. The maximum absolute atomic E-state index is 14.8. The molecule has 2 aliphatic rings. The lowest BCUT2D eigenvalue weighted by Gasteiger charge is -2.37. The molecule has 2 unspecified atom stereocenters. The molecule has 2 aliphatic heterocycles. The van der Waals surface area contributed by atoms with Crippen LogP contribution in [0.15, 0.2) is 71.7 Å². The van der Waals surface area contributed by atoms with Crippen LogP contribution in [0.4, 0.5) is 0 Å². The van der Waals surface area contributed by atoms with E-state index in [0.717, 1.165) is 0 Å². The number of amidine groups is 1. The molecule has 13 heteroatoms. The molecule has 0 spiro atoms. The number of halogens is 2. The Morgan fingerprint density at radius 1 is 1.02 bits per heavy atom. The van der Waals surface area contributed by atoms with E-state index in [1.807, 2.05) is 18.7 Å². The first kappa shape index (κ1) is 35.0. The maximum atomic E-state index is 14.8. The van der Waals surface area contributed by atoms with Crippen LogP contribution in [0.3, 0.4) is 0 Å². The van der Waals surface area contributed by atoms with Crippen LogP contribution in [0.25, 0.3) is 0 Å². The van der Waals surface area contributed by atoms with E-state index in [0.29, 0.717) is 64.5 Å². The van der Waals surface area contributed by atoms with Crippen molar-refractivity contribution in [2.75, 3.05) is 52.3 Å². The normalized spacial score (nSPS) is 20.3. The van der Waals surface area contributed by atoms with Crippen LogP contribution >= 0.6 is 23.2 Å². The van der Waals surface area contributed by atoms with E-state index in [9.17, 15) is 13.2 Å². The smallest absolute Gasteiger partial charge is 0.341 e. The maximum Gasteiger partial charge on any atom is 0.341 e. The van der Waals surface area contributed by atoms with Gasteiger partial charge in [-0.15, -0.1) is 0 Å². The fourth-order valence-corrected chi connectivity index (χ4v) is 7.77. The number of ether oxygens (including phenoxy) is 4. The van der Waals surface area contributed by atoms with Crippen molar-refractivity contribution in [3.63, 3.8) is 0 Å². The van der Waals surface area contributed by atoms with Gasteiger partial charge < -0.3 is 18.9 Å². The van der Waals surface area contributed by atoms with Gasteiger partial charge in [-0.1, -0.05) is 47.5 Å². The van der Waals surface area contributed by atoms with Crippen molar-refractivity contribution < 1.29 is 32.2 Å². The molecular formula is C34H39Cl2N3O7S. The molecule has 0 radical (unpaired) electrons. The van der Waals surface area contributed by atoms with Crippen molar-refractivity contribution in [2.24, 2.45) is 4.99 Å². The van der Waals surface area contributed by atoms with E-state index in [-0.39, 0.29) is 30.8 Å². The predicted molar refractivity (Wildman–Crippen MR) is 182 cm³/mol. The zero-order valence-electron chi connectivity index (χ0n) is 26.8. The van der Waals surface area contributed by atoms with Crippen LogP contribution in [-0.2, 0) is 29.8 Å². The number of sulfonamides is 1. The number of hydrogen-bond donors (Lipinski definition) is 0. The number of hydrogen-bond acceptors (Lipinski definition) is 9. The number of rotatable bonds is 12. The number of carbonyl (C=O) groups excluding carboxylic acids is 1. The highest BCUT2D eigenvalue weighted by molar-refractivity contribution is 7.89. The standard InChI is InChI=1S/C34H39Cl2N3O7S/c1-5-45-33(40)34(25-8-12-27(36)13-9-25)31(24-6-10-26(35)11-7-24)39(47(41,42)21-18-38-16-19-44-20-17-38)32(37-34)29-15-14-28(43-4)22-30(29)46-23(2)3/h6-15,22-23,31H,5,16-21H2,1-4H3. The molecule has 3 aromatic carbocycles. The topological polar surface area (TPSA) is 107 Å². The number of esters is 1. The highest BCUT2D eigenvalue weighted by Crippen LogP contribution is 2.52. The van der Waals surface area contributed by atoms with E-state index >= 15 is 0 Å². The third-order valence-electron chi connectivity index (χ3n) is 8.04. The Kier molecular flexibility index (Phi) is 11.0. The second-order valence-corrected chi connectivity index (χ2v) is 14.3. The van der Waals surface area contributed by atoms with Crippen molar-refractivity contribution in [1.82, 2.24) is 9.21 Å². The van der Waals surface area contributed by atoms with Crippen LogP contribution in [-0.4, -0.2) is 87.8 Å². The monoisotopic (exact) mass is 703 g/mol. The second-order valence-electron chi connectivity index (χ2n) is 11.5. The largest absolute Gasteiger partial charge is 0.497 e. The summed E-state index contributed by atoms with van der Waals surface area (Å²) < 4.78 is 53.8. The van der Waals surface area contributed by atoms with Gasteiger partial charge in [0.15, 0.2) is 5.84 Å².